The number of para-hydroxylation sites is 1. The molecule has 178 valence electrons. The van der Waals surface area contributed by atoms with E-state index in [9.17, 15) is 25.3 Å². The van der Waals surface area contributed by atoms with Crippen molar-refractivity contribution in [3.8, 4) is 11.8 Å². The number of nitriles is 1. The smallest absolute Gasteiger partial charge is 0.273 e. The summed E-state index contributed by atoms with van der Waals surface area (Å²) >= 11 is 1.91. The highest BCUT2D eigenvalue weighted by Gasteiger charge is 2.22. The topological polar surface area (TPSA) is 117 Å². The third-order valence-electron chi connectivity index (χ3n) is 6.33. The van der Waals surface area contributed by atoms with Crippen molar-refractivity contribution in [2.45, 2.75) is 12.6 Å². The quantitative estimate of drug-likeness (QED) is 0.327. The van der Waals surface area contributed by atoms with Crippen LogP contribution in [0.4, 0.5) is 5.69 Å². The van der Waals surface area contributed by atoms with Crippen LogP contribution in [0.5, 0.6) is 0 Å². The second-order valence-corrected chi connectivity index (χ2v) is 9.74. The van der Waals surface area contributed by atoms with E-state index in [4.69, 9.17) is 0 Å². The van der Waals surface area contributed by atoms with Gasteiger partial charge in [-0.3, -0.25) is 24.4 Å². The molecular formula is C25H23N5O4S. The molecule has 1 fully saturated rings. The Balaban J connectivity index is 1.69. The molecule has 10 heteroatoms. The molecule has 0 amide bonds. The van der Waals surface area contributed by atoms with Gasteiger partial charge in [0.1, 0.15) is 11.6 Å². The summed E-state index contributed by atoms with van der Waals surface area (Å²) in [6.07, 6.45) is -0.637. The number of hydrogen-bond donors (Lipinski definition) is 1. The molecule has 1 N–H and O–H groups in total. The minimum atomic E-state index is -0.637. The van der Waals surface area contributed by atoms with Crippen LogP contribution < -0.4 is 5.56 Å². The molecule has 0 saturated carbocycles. The number of nitro groups is 1. The summed E-state index contributed by atoms with van der Waals surface area (Å²) in [5.74, 6) is 2.10. The molecule has 0 radical (unpaired) electrons. The first-order chi connectivity index (χ1) is 17.0. The van der Waals surface area contributed by atoms with Crippen molar-refractivity contribution in [2.24, 2.45) is 0 Å². The third kappa shape index (κ3) is 4.30. The summed E-state index contributed by atoms with van der Waals surface area (Å²) < 4.78 is 3.39. The molecule has 4 aromatic rings. The van der Waals surface area contributed by atoms with E-state index in [-0.39, 0.29) is 11.3 Å². The van der Waals surface area contributed by atoms with E-state index in [0.717, 1.165) is 35.5 Å². The monoisotopic (exact) mass is 489 g/mol. The first-order valence-corrected chi connectivity index (χ1v) is 12.4. The minimum Gasteiger partial charge on any atom is -0.390 e. The fourth-order valence-corrected chi connectivity index (χ4v) is 5.68. The number of thioether (sulfide) groups is 1. The highest BCUT2D eigenvalue weighted by molar-refractivity contribution is 7.99. The molecular weight excluding hydrogens is 466 g/mol. The van der Waals surface area contributed by atoms with Gasteiger partial charge in [-0.2, -0.15) is 17.0 Å². The van der Waals surface area contributed by atoms with Crippen molar-refractivity contribution in [1.82, 2.24) is 14.0 Å². The van der Waals surface area contributed by atoms with Crippen LogP contribution in [0.3, 0.4) is 0 Å². The number of rotatable bonds is 6. The molecule has 0 spiro atoms. The molecule has 9 nitrogen and oxygen atoms in total. The van der Waals surface area contributed by atoms with Crippen LogP contribution in [-0.2, 0) is 6.54 Å². The summed E-state index contributed by atoms with van der Waals surface area (Å²) in [5, 5.41) is 32.6. The normalized spacial score (nSPS) is 15.3. The Morgan fingerprint density at radius 2 is 1.80 bits per heavy atom. The predicted molar refractivity (Wildman–Crippen MR) is 136 cm³/mol. The maximum atomic E-state index is 13.3. The lowest BCUT2D eigenvalue weighted by Gasteiger charge is -2.28. The molecule has 1 unspecified atom stereocenters. The van der Waals surface area contributed by atoms with Crippen LogP contribution in [0, 0.1) is 21.4 Å². The first-order valence-electron chi connectivity index (χ1n) is 11.3. The highest BCUT2D eigenvalue weighted by Crippen LogP contribution is 2.31. The number of non-ortho nitro benzene ring substituents is 1. The van der Waals surface area contributed by atoms with Gasteiger partial charge in [0.25, 0.3) is 11.2 Å². The number of aromatic nitrogens is 2. The maximum Gasteiger partial charge on any atom is 0.273 e. The summed E-state index contributed by atoms with van der Waals surface area (Å²) in [6, 6.07) is 16.9. The molecule has 0 aliphatic carbocycles. The van der Waals surface area contributed by atoms with Crippen LogP contribution in [0.15, 0.2) is 59.4 Å². The standard InChI is InChI=1S/C25H23N5O4S/c26-14-17-13-23-24(29(25(17)32)18-5-7-19(8-6-18)30(33)34)21-3-1-2-4-22(21)28(23)16-20(31)15-27-9-11-35-12-10-27/h1-8,13,20,31H,9-12,15-16H2. The van der Waals surface area contributed by atoms with Gasteiger partial charge in [-0.1, -0.05) is 18.2 Å². The molecule has 0 bridgehead atoms. The van der Waals surface area contributed by atoms with Crippen molar-refractivity contribution in [1.29, 1.82) is 5.26 Å². The second-order valence-electron chi connectivity index (χ2n) is 8.51. The average molecular weight is 490 g/mol. The van der Waals surface area contributed by atoms with E-state index in [2.05, 4.69) is 4.90 Å². The van der Waals surface area contributed by atoms with Gasteiger partial charge in [0, 0.05) is 54.3 Å². The van der Waals surface area contributed by atoms with E-state index in [0.29, 0.717) is 29.8 Å². The fraction of sp³-hybridized carbons (Fsp3) is 0.280. The van der Waals surface area contributed by atoms with E-state index in [1.165, 1.54) is 28.8 Å². The number of nitrogens with zero attached hydrogens (tertiary/aromatic N) is 5. The molecule has 1 aliphatic heterocycles. The molecule has 2 aromatic carbocycles. The van der Waals surface area contributed by atoms with Crippen LogP contribution in [0.25, 0.3) is 27.6 Å². The molecule has 1 aliphatic rings. The number of fused-ring (bicyclic) bond motifs is 3. The molecule has 1 atom stereocenters. The Morgan fingerprint density at radius 1 is 1.09 bits per heavy atom. The zero-order valence-electron chi connectivity index (χ0n) is 18.8. The number of aliphatic hydroxyl groups excluding tert-OH is 1. The Bertz CT molecular complexity index is 1510. The maximum absolute atomic E-state index is 13.3. The van der Waals surface area contributed by atoms with Gasteiger partial charge in [0.05, 0.1) is 34.1 Å². The molecule has 3 heterocycles. The summed E-state index contributed by atoms with van der Waals surface area (Å²) in [4.78, 5) is 26.2. The van der Waals surface area contributed by atoms with Gasteiger partial charge in [-0.05, 0) is 24.3 Å². The number of nitro benzene ring substituents is 1. The second kappa shape index (κ2) is 9.54. The highest BCUT2D eigenvalue weighted by atomic mass is 32.2. The number of benzene rings is 2. The lowest BCUT2D eigenvalue weighted by molar-refractivity contribution is -0.384. The van der Waals surface area contributed by atoms with Gasteiger partial charge < -0.3 is 9.67 Å². The Labute approximate surface area is 204 Å². The Morgan fingerprint density at radius 3 is 2.49 bits per heavy atom. The van der Waals surface area contributed by atoms with Gasteiger partial charge in [-0.15, -0.1) is 0 Å². The van der Waals surface area contributed by atoms with Gasteiger partial charge in [-0.25, -0.2) is 0 Å². The Hall–Kier alpha value is -3.65. The zero-order chi connectivity index (χ0) is 24.5. The number of hydrogen-bond acceptors (Lipinski definition) is 7. The van der Waals surface area contributed by atoms with Crippen molar-refractivity contribution >= 4 is 39.4 Å². The van der Waals surface area contributed by atoms with Crippen LogP contribution in [0.1, 0.15) is 5.56 Å². The first kappa shape index (κ1) is 23.1. The summed E-state index contributed by atoms with van der Waals surface area (Å²) in [7, 11) is 0. The fourth-order valence-electron chi connectivity index (χ4n) is 4.70. The molecule has 1 saturated heterocycles. The summed E-state index contributed by atoms with van der Waals surface area (Å²) in [5.41, 5.74) is 1.88. The van der Waals surface area contributed by atoms with E-state index >= 15 is 0 Å². The average Bonchev–Trinajstić information content (AvgIpc) is 3.17. The third-order valence-corrected chi connectivity index (χ3v) is 7.27. The lowest BCUT2D eigenvalue weighted by atomic mass is 10.2. The van der Waals surface area contributed by atoms with Crippen molar-refractivity contribution in [2.75, 3.05) is 31.1 Å². The van der Waals surface area contributed by atoms with Crippen molar-refractivity contribution in [3.63, 3.8) is 0 Å². The van der Waals surface area contributed by atoms with Gasteiger partial charge in [0.2, 0.25) is 0 Å². The van der Waals surface area contributed by atoms with Gasteiger partial charge >= 0.3 is 0 Å². The minimum absolute atomic E-state index is 0.0394. The number of aliphatic hydroxyl groups is 1. The van der Waals surface area contributed by atoms with Crippen molar-refractivity contribution < 1.29 is 10.0 Å². The van der Waals surface area contributed by atoms with Crippen LogP contribution >= 0.6 is 11.8 Å². The number of pyridine rings is 1. The van der Waals surface area contributed by atoms with Crippen LogP contribution in [-0.4, -0.2) is 61.3 Å². The summed E-state index contributed by atoms with van der Waals surface area (Å²) in [6.45, 7) is 2.72. The number of β-amino-alcohol motifs (C(OH)–C–C–N with tert-alkyl or cyclic N) is 1. The van der Waals surface area contributed by atoms with E-state index in [1.54, 1.807) is 6.07 Å². The SMILES string of the molecule is N#Cc1cc2c(c3ccccc3n2CC(O)CN2CCSCC2)n(-c2ccc([N+](=O)[O-])cc2)c1=O. The zero-order valence-corrected chi connectivity index (χ0v) is 19.6. The molecule has 35 heavy (non-hydrogen) atoms. The van der Waals surface area contributed by atoms with E-state index < -0.39 is 16.6 Å². The molecule has 5 rings (SSSR count). The lowest BCUT2D eigenvalue weighted by Crippen LogP contribution is -2.39. The van der Waals surface area contributed by atoms with Crippen molar-refractivity contribution in [3.05, 3.63) is 80.6 Å². The molecule has 2 aromatic heterocycles. The van der Waals surface area contributed by atoms with E-state index in [1.807, 2.05) is 46.7 Å². The Kier molecular flexibility index (Phi) is 6.30. The largest absolute Gasteiger partial charge is 0.390 e. The van der Waals surface area contributed by atoms with Crippen LogP contribution in [0.2, 0.25) is 0 Å². The predicted octanol–water partition coefficient (Wildman–Crippen LogP) is 3.13. The van der Waals surface area contributed by atoms with Gasteiger partial charge in [0.15, 0.2) is 0 Å².